The number of alkyl halides is 1. The number of rotatable bonds is 5. The highest BCUT2D eigenvalue weighted by atomic mass is 35.5. The minimum absolute atomic E-state index is 0.0896. The van der Waals surface area contributed by atoms with Crippen LogP contribution in [0.3, 0.4) is 0 Å². The molecule has 0 aromatic heterocycles. The van der Waals surface area contributed by atoms with E-state index in [1.807, 2.05) is 24.3 Å². The lowest BCUT2D eigenvalue weighted by atomic mass is 9.98. The van der Waals surface area contributed by atoms with Gasteiger partial charge < -0.3 is 0 Å². The van der Waals surface area contributed by atoms with E-state index in [9.17, 15) is 8.42 Å². The molecule has 1 atom stereocenters. The van der Waals surface area contributed by atoms with Crippen LogP contribution in [0.1, 0.15) is 43.7 Å². The van der Waals surface area contributed by atoms with Gasteiger partial charge in [-0.25, -0.2) is 12.7 Å². The fourth-order valence-electron chi connectivity index (χ4n) is 2.85. The molecule has 0 bridgehead atoms. The first-order chi connectivity index (χ1) is 10.0. The van der Waals surface area contributed by atoms with Crippen LogP contribution in [0.25, 0.3) is 0 Å². The van der Waals surface area contributed by atoms with Crippen LogP contribution >= 0.6 is 11.6 Å². The molecule has 1 aliphatic heterocycles. The Hall–Kier alpha value is -0.580. The summed E-state index contributed by atoms with van der Waals surface area (Å²) in [4.78, 5) is 0. The number of hydrogen-bond donors (Lipinski definition) is 0. The Morgan fingerprint density at radius 2 is 1.81 bits per heavy atom. The molecule has 1 unspecified atom stereocenters. The van der Waals surface area contributed by atoms with Gasteiger partial charge in [-0.1, -0.05) is 37.6 Å². The molecule has 2 rings (SSSR count). The molecule has 1 aliphatic rings. The number of hydrogen-bond acceptors (Lipinski definition) is 2. The maximum atomic E-state index is 12.6. The highest BCUT2D eigenvalue weighted by molar-refractivity contribution is 7.88. The topological polar surface area (TPSA) is 37.4 Å². The van der Waals surface area contributed by atoms with Crippen LogP contribution in [0.4, 0.5) is 0 Å². The number of halogens is 1. The molecule has 3 nitrogen and oxygen atoms in total. The van der Waals surface area contributed by atoms with E-state index in [-0.39, 0.29) is 5.75 Å². The van der Waals surface area contributed by atoms with Gasteiger partial charge in [0.25, 0.3) is 0 Å². The third-order valence-corrected chi connectivity index (χ3v) is 6.46. The van der Waals surface area contributed by atoms with Gasteiger partial charge in [0.1, 0.15) is 0 Å². The van der Waals surface area contributed by atoms with Gasteiger partial charge in [-0.3, -0.25) is 0 Å². The van der Waals surface area contributed by atoms with Crippen LogP contribution in [0.15, 0.2) is 24.3 Å². The lowest BCUT2D eigenvalue weighted by Crippen LogP contribution is -2.33. The molecule has 0 amide bonds. The number of nitrogens with zero attached hydrogens (tertiary/aromatic N) is 1. The van der Waals surface area contributed by atoms with Crippen molar-refractivity contribution in [2.24, 2.45) is 5.92 Å². The summed E-state index contributed by atoms with van der Waals surface area (Å²) in [5.41, 5.74) is 1.85. The van der Waals surface area contributed by atoms with E-state index in [0.29, 0.717) is 24.9 Å². The molecule has 0 N–H and O–H groups in total. The van der Waals surface area contributed by atoms with E-state index in [2.05, 4.69) is 6.92 Å². The third kappa shape index (κ3) is 4.70. The van der Waals surface area contributed by atoms with Crippen molar-refractivity contribution in [2.75, 3.05) is 13.1 Å². The average molecular weight is 330 g/mol. The van der Waals surface area contributed by atoms with Crippen molar-refractivity contribution in [3.63, 3.8) is 0 Å². The molecule has 1 aromatic rings. The van der Waals surface area contributed by atoms with E-state index in [1.54, 1.807) is 4.31 Å². The van der Waals surface area contributed by atoms with E-state index >= 15 is 0 Å². The van der Waals surface area contributed by atoms with Crippen LogP contribution in [-0.2, 0) is 21.7 Å². The van der Waals surface area contributed by atoms with E-state index < -0.39 is 10.0 Å². The third-order valence-electron chi connectivity index (χ3n) is 4.30. The minimum Gasteiger partial charge on any atom is -0.212 e. The van der Waals surface area contributed by atoms with Crippen LogP contribution in [0, 0.1) is 5.92 Å². The summed E-state index contributed by atoms with van der Waals surface area (Å²) in [5, 5.41) is 0. The van der Waals surface area contributed by atoms with Crippen molar-refractivity contribution in [2.45, 2.75) is 44.2 Å². The lowest BCUT2D eigenvalue weighted by molar-refractivity contribution is 0.407. The van der Waals surface area contributed by atoms with Gasteiger partial charge in [-0.15, -0.1) is 11.6 Å². The molecule has 5 heteroatoms. The number of benzene rings is 1. The standard InChI is InChI=1S/C16H24ClNO2S/c1-2-14-4-3-10-18(11-9-14)21(19,20)13-16-7-5-15(12-17)6-8-16/h5-8,14H,2-4,9-13H2,1H3. The minimum atomic E-state index is -3.21. The molecule has 0 spiro atoms. The molecule has 0 saturated carbocycles. The predicted octanol–water partition coefficient (Wildman–Crippen LogP) is 3.77. The first kappa shape index (κ1) is 16.8. The molecule has 0 radical (unpaired) electrons. The largest absolute Gasteiger partial charge is 0.218 e. The van der Waals surface area contributed by atoms with Crippen molar-refractivity contribution in [1.29, 1.82) is 0 Å². The zero-order valence-corrected chi connectivity index (χ0v) is 14.2. The van der Waals surface area contributed by atoms with Crippen molar-refractivity contribution >= 4 is 21.6 Å². The Kier molecular flexibility index (Phi) is 6.08. The van der Waals surface area contributed by atoms with Crippen LogP contribution < -0.4 is 0 Å². The zero-order chi connectivity index (χ0) is 15.3. The first-order valence-corrected chi connectivity index (χ1v) is 9.81. The summed E-state index contributed by atoms with van der Waals surface area (Å²) >= 11 is 5.75. The van der Waals surface area contributed by atoms with E-state index in [4.69, 9.17) is 11.6 Å². The van der Waals surface area contributed by atoms with Gasteiger partial charge in [0.15, 0.2) is 0 Å². The Bertz CT molecular complexity index is 542. The maximum absolute atomic E-state index is 12.6. The second-order valence-electron chi connectivity index (χ2n) is 5.81. The Balaban J connectivity index is 2.03. The first-order valence-electron chi connectivity index (χ1n) is 7.66. The van der Waals surface area contributed by atoms with Gasteiger partial charge >= 0.3 is 0 Å². The second kappa shape index (κ2) is 7.61. The highest BCUT2D eigenvalue weighted by Gasteiger charge is 2.25. The van der Waals surface area contributed by atoms with Crippen molar-refractivity contribution in [3.05, 3.63) is 35.4 Å². The zero-order valence-electron chi connectivity index (χ0n) is 12.6. The molecule has 1 heterocycles. The van der Waals surface area contributed by atoms with Crippen molar-refractivity contribution in [1.82, 2.24) is 4.31 Å². The lowest BCUT2D eigenvalue weighted by Gasteiger charge is -2.20. The summed E-state index contributed by atoms with van der Waals surface area (Å²) in [6.07, 6.45) is 4.25. The molecule has 21 heavy (non-hydrogen) atoms. The second-order valence-corrected chi connectivity index (χ2v) is 8.05. The summed E-state index contributed by atoms with van der Waals surface area (Å²) in [6.45, 7) is 3.52. The van der Waals surface area contributed by atoms with Gasteiger partial charge in [-0.2, -0.15) is 0 Å². The molecule has 118 valence electrons. The Morgan fingerprint density at radius 1 is 1.14 bits per heavy atom. The summed E-state index contributed by atoms with van der Waals surface area (Å²) < 4.78 is 26.8. The van der Waals surface area contributed by atoms with Crippen LogP contribution in [0.5, 0.6) is 0 Å². The van der Waals surface area contributed by atoms with E-state index in [0.717, 1.165) is 36.8 Å². The fourth-order valence-corrected chi connectivity index (χ4v) is 4.62. The SMILES string of the molecule is CCC1CCCN(S(=O)(=O)Cc2ccc(CCl)cc2)CC1. The van der Waals surface area contributed by atoms with Crippen molar-refractivity contribution < 1.29 is 8.42 Å². The van der Waals surface area contributed by atoms with Gasteiger partial charge in [0.2, 0.25) is 10.0 Å². The van der Waals surface area contributed by atoms with Crippen LogP contribution in [0.2, 0.25) is 0 Å². The summed E-state index contributed by atoms with van der Waals surface area (Å²) in [5.74, 6) is 1.22. The number of sulfonamides is 1. The quantitative estimate of drug-likeness (QED) is 0.771. The van der Waals surface area contributed by atoms with Crippen LogP contribution in [-0.4, -0.2) is 25.8 Å². The Labute approximate surface area is 133 Å². The Morgan fingerprint density at radius 3 is 2.43 bits per heavy atom. The smallest absolute Gasteiger partial charge is 0.212 e. The molecule has 0 aliphatic carbocycles. The molecular formula is C16H24ClNO2S. The molecular weight excluding hydrogens is 306 g/mol. The maximum Gasteiger partial charge on any atom is 0.218 e. The highest BCUT2D eigenvalue weighted by Crippen LogP contribution is 2.23. The summed E-state index contributed by atoms with van der Waals surface area (Å²) in [7, 11) is -3.21. The average Bonchev–Trinajstić information content (AvgIpc) is 2.73. The normalized spacial score (nSPS) is 21.1. The molecule has 1 saturated heterocycles. The van der Waals surface area contributed by atoms with Crippen molar-refractivity contribution in [3.8, 4) is 0 Å². The molecule has 1 aromatic carbocycles. The predicted molar refractivity (Wildman–Crippen MR) is 87.8 cm³/mol. The van der Waals surface area contributed by atoms with Gasteiger partial charge in [0, 0.05) is 19.0 Å². The van der Waals surface area contributed by atoms with Gasteiger partial charge in [-0.05, 0) is 36.3 Å². The van der Waals surface area contributed by atoms with Gasteiger partial charge in [0.05, 0.1) is 5.75 Å². The fraction of sp³-hybridized carbons (Fsp3) is 0.625. The monoisotopic (exact) mass is 329 g/mol. The molecule has 1 fully saturated rings. The summed E-state index contributed by atoms with van der Waals surface area (Å²) in [6, 6.07) is 7.52. The van der Waals surface area contributed by atoms with E-state index in [1.165, 1.54) is 0 Å².